The van der Waals surface area contributed by atoms with Crippen LogP contribution in [0.15, 0.2) is 28.7 Å². The molecule has 138 valence electrons. The first-order valence-corrected chi connectivity index (χ1v) is 9.00. The molecule has 0 saturated carbocycles. The van der Waals surface area contributed by atoms with Gasteiger partial charge in [0, 0.05) is 31.5 Å². The third-order valence-corrected chi connectivity index (χ3v) is 4.50. The van der Waals surface area contributed by atoms with Crippen LogP contribution in [-0.4, -0.2) is 46.0 Å². The van der Waals surface area contributed by atoms with Crippen LogP contribution in [0.5, 0.6) is 0 Å². The normalized spacial score (nSPS) is 15.1. The minimum absolute atomic E-state index is 0.0182. The summed E-state index contributed by atoms with van der Waals surface area (Å²) in [7, 11) is 0. The Morgan fingerprint density at radius 3 is 2.58 bits per heavy atom. The van der Waals surface area contributed by atoms with Crippen LogP contribution in [0.3, 0.4) is 0 Å². The topological polar surface area (TPSA) is 88.3 Å². The molecule has 1 saturated heterocycles. The van der Waals surface area contributed by atoms with Crippen LogP contribution in [-0.2, 0) is 16.0 Å². The van der Waals surface area contributed by atoms with Crippen molar-refractivity contribution in [3.05, 3.63) is 35.7 Å². The second-order valence-corrected chi connectivity index (χ2v) is 6.69. The fraction of sp³-hybridized carbons (Fsp3) is 0.474. The molecule has 1 aromatic heterocycles. The maximum absolute atomic E-state index is 12.2. The van der Waals surface area contributed by atoms with E-state index in [0.717, 1.165) is 37.1 Å². The Morgan fingerprint density at radius 1 is 1.19 bits per heavy atom. The summed E-state index contributed by atoms with van der Waals surface area (Å²) in [6.45, 7) is 5.30. The van der Waals surface area contributed by atoms with E-state index in [1.807, 2.05) is 31.2 Å². The van der Waals surface area contributed by atoms with Gasteiger partial charge >= 0.3 is 0 Å². The van der Waals surface area contributed by atoms with E-state index in [1.54, 1.807) is 11.8 Å². The Bertz CT molecular complexity index is 763. The zero-order valence-electron chi connectivity index (χ0n) is 15.2. The number of nitrogens with zero attached hydrogens (tertiary/aromatic N) is 3. The molecule has 0 aliphatic carbocycles. The molecule has 1 atom stereocenters. The van der Waals surface area contributed by atoms with E-state index in [9.17, 15) is 9.59 Å². The van der Waals surface area contributed by atoms with Crippen LogP contribution in [0.25, 0.3) is 11.5 Å². The maximum Gasteiger partial charge on any atom is 0.247 e. The molecular weight excluding hydrogens is 332 g/mol. The number of likely N-dealkylation sites (tertiary alicyclic amines) is 1. The van der Waals surface area contributed by atoms with Crippen molar-refractivity contribution < 1.29 is 14.0 Å². The van der Waals surface area contributed by atoms with Gasteiger partial charge in [-0.1, -0.05) is 17.7 Å². The quantitative estimate of drug-likeness (QED) is 0.856. The SMILES string of the molecule is Cc1ccc(-c2nnc(CCC(=O)N[C@H](C)C(=O)N3CCCC3)o2)cc1. The number of hydrogen-bond acceptors (Lipinski definition) is 5. The molecule has 26 heavy (non-hydrogen) atoms. The van der Waals surface area contributed by atoms with E-state index in [0.29, 0.717) is 18.2 Å². The van der Waals surface area contributed by atoms with Crippen molar-refractivity contribution in [3.8, 4) is 11.5 Å². The minimum atomic E-state index is -0.508. The molecule has 1 aliphatic heterocycles. The van der Waals surface area contributed by atoms with Gasteiger partial charge in [0.2, 0.25) is 23.6 Å². The van der Waals surface area contributed by atoms with Crippen LogP contribution in [0.2, 0.25) is 0 Å². The lowest BCUT2D eigenvalue weighted by Crippen LogP contribution is -2.46. The van der Waals surface area contributed by atoms with Gasteiger partial charge in [-0.15, -0.1) is 10.2 Å². The number of aryl methyl sites for hydroxylation is 2. The molecule has 7 heteroatoms. The highest BCUT2D eigenvalue weighted by Crippen LogP contribution is 2.18. The summed E-state index contributed by atoms with van der Waals surface area (Å²) < 4.78 is 5.62. The first-order chi connectivity index (χ1) is 12.5. The molecule has 2 amide bonds. The van der Waals surface area contributed by atoms with Gasteiger partial charge in [0.25, 0.3) is 0 Å². The summed E-state index contributed by atoms with van der Waals surface area (Å²) in [6.07, 6.45) is 2.61. The highest BCUT2D eigenvalue weighted by atomic mass is 16.4. The molecule has 1 aromatic carbocycles. The second-order valence-electron chi connectivity index (χ2n) is 6.69. The van der Waals surface area contributed by atoms with Gasteiger partial charge in [-0.2, -0.15) is 0 Å². The van der Waals surface area contributed by atoms with E-state index in [-0.39, 0.29) is 18.2 Å². The van der Waals surface area contributed by atoms with Crippen LogP contribution in [0.1, 0.15) is 37.6 Å². The average molecular weight is 356 g/mol. The van der Waals surface area contributed by atoms with Crippen LogP contribution >= 0.6 is 0 Å². The number of aromatic nitrogens is 2. The number of rotatable bonds is 6. The lowest BCUT2D eigenvalue weighted by molar-refractivity contribution is -0.135. The summed E-state index contributed by atoms with van der Waals surface area (Å²) >= 11 is 0. The average Bonchev–Trinajstić information content (AvgIpc) is 3.32. The van der Waals surface area contributed by atoms with Crippen molar-refractivity contribution in [3.63, 3.8) is 0 Å². The monoisotopic (exact) mass is 356 g/mol. The second kappa shape index (κ2) is 8.12. The molecule has 1 fully saturated rings. The van der Waals surface area contributed by atoms with E-state index in [4.69, 9.17) is 4.42 Å². The number of amides is 2. The first-order valence-electron chi connectivity index (χ1n) is 9.00. The highest BCUT2D eigenvalue weighted by molar-refractivity contribution is 5.87. The van der Waals surface area contributed by atoms with Gasteiger partial charge in [0.15, 0.2) is 0 Å². The Balaban J connectivity index is 1.48. The van der Waals surface area contributed by atoms with E-state index in [1.165, 1.54) is 0 Å². The number of hydrogen-bond donors (Lipinski definition) is 1. The lowest BCUT2D eigenvalue weighted by Gasteiger charge is -2.21. The van der Waals surface area contributed by atoms with Crippen molar-refractivity contribution in [2.45, 2.75) is 45.6 Å². The first kappa shape index (κ1) is 18.1. The van der Waals surface area contributed by atoms with Gasteiger partial charge in [0.1, 0.15) is 6.04 Å². The highest BCUT2D eigenvalue weighted by Gasteiger charge is 2.24. The summed E-state index contributed by atoms with van der Waals surface area (Å²) in [5.41, 5.74) is 2.01. The van der Waals surface area contributed by atoms with Crippen molar-refractivity contribution in [1.29, 1.82) is 0 Å². The van der Waals surface area contributed by atoms with Crippen molar-refractivity contribution in [2.24, 2.45) is 0 Å². The van der Waals surface area contributed by atoms with Crippen LogP contribution in [0, 0.1) is 6.92 Å². The Labute approximate surface area is 152 Å². The Morgan fingerprint density at radius 2 is 1.88 bits per heavy atom. The van der Waals surface area contributed by atoms with Gasteiger partial charge in [0.05, 0.1) is 0 Å². The van der Waals surface area contributed by atoms with Gasteiger partial charge in [-0.05, 0) is 38.8 Å². The summed E-state index contributed by atoms with van der Waals surface area (Å²) in [6, 6.07) is 7.29. The van der Waals surface area contributed by atoms with E-state index in [2.05, 4.69) is 15.5 Å². The number of benzene rings is 1. The Kier molecular flexibility index (Phi) is 5.65. The summed E-state index contributed by atoms with van der Waals surface area (Å²) in [5, 5.41) is 10.8. The molecular formula is C19H24N4O3. The van der Waals surface area contributed by atoms with Gasteiger partial charge in [-0.25, -0.2) is 0 Å². The summed E-state index contributed by atoms with van der Waals surface area (Å²) in [4.78, 5) is 26.1. The van der Waals surface area contributed by atoms with Crippen molar-refractivity contribution in [2.75, 3.05) is 13.1 Å². The lowest BCUT2D eigenvalue weighted by atomic mass is 10.1. The standard InChI is InChI=1S/C19H24N4O3/c1-13-5-7-15(8-6-13)18-22-21-17(26-18)10-9-16(24)20-14(2)19(25)23-11-3-4-12-23/h5-8,14H,3-4,9-12H2,1-2H3,(H,20,24)/t14-/m1/s1. The fourth-order valence-electron chi connectivity index (χ4n) is 2.97. The van der Waals surface area contributed by atoms with Crippen LogP contribution in [0.4, 0.5) is 0 Å². The smallest absolute Gasteiger partial charge is 0.247 e. The Hall–Kier alpha value is -2.70. The van der Waals surface area contributed by atoms with E-state index >= 15 is 0 Å². The molecule has 1 aliphatic rings. The fourth-order valence-corrected chi connectivity index (χ4v) is 2.97. The molecule has 2 heterocycles. The van der Waals surface area contributed by atoms with E-state index < -0.39 is 6.04 Å². The molecule has 7 nitrogen and oxygen atoms in total. The third kappa shape index (κ3) is 4.47. The number of carbonyl (C=O) groups is 2. The van der Waals surface area contributed by atoms with Crippen molar-refractivity contribution >= 4 is 11.8 Å². The van der Waals surface area contributed by atoms with Crippen LogP contribution < -0.4 is 5.32 Å². The zero-order chi connectivity index (χ0) is 18.5. The minimum Gasteiger partial charge on any atom is -0.421 e. The van der Waals surface area contributed by atoms with Gasteiger partial charge < -0.3 is 14.6 Å². The summed E-state index contributed by atoms with van der Waals surface area (Å²) in [5.74, 6) is 0.641. The molecule has 2 aromatic rings. The predicted molar refractivity (Wildman–Crippen MR) is 96.2 cm³/mol. The molecule has 0 spiro atoms. The predicted octanol–water partition coefficient (Wildman–Crippen LogP) is 2.10. The number of carbonyl (C=O) groups excluding carboxylic acids is 2. The molecule has 3 rings (SSSR count). The molecule has 1 N–H and O–H groups in total. The molecule has 0 radical (unpaired) electrons. The number of nitrogens with one attached hydrogen (secondary N) is 1. The van der Waals surface area contributed by atoms with Crippen molar-refractivity contribution in [1.82, 2.24) is 20.4 Å². The zero-order valence-corrected chi connectivity index (χ0v) is 15.2. The largest absolute Gasteiger partial charge is 0.421 e. The maximum atomic E-state index is 12.2. The molecule has 0 bridgehead atoms. The third-order valence-electron chi connectivity index (χ3n) is 4.50. The molecule has 0 unspecified atom stereocenters. The van der Waals surface area contributed by atoms with Gasteiger partial charge in [-0.3, -0.25) is 9.59 Å².